The molecule has 0 radical (unpaired) electrons. The van der Waals surface area contributed by atoms with Crippen LogP contribution in [0.1, 0.15) is 17.2 Å². The summed E-state index contributed by atoms with van der Waals surface area (Å²) in [5.74, 6) is 0.125. The van der Waals surface area contributed by atoms with Crippen molar-refractivity contribution in [1.29, 1.82) is 0 Å². The van der Waals surface area contributed by atoms with Gasteiger partial charge in [-0.1, -0.05) is 41.2 Å². The lowest BCUT2D eigenvalue weighted by molar-refractivity contribution is -0.133. The van der Waals surface area contributed by atoms with Crippen LogP contribution in [0.15, 0.2) is 40.6 Å². The van der Waals surface area contributed by atoms with Gasteiger partial charge in [-0.05, 0) is 38.1 Å². The van der Waals surface area contributed by atoms with E-state index in [1.54, 1.807) is 12.1 Å². The highest BCUT2D eigenvalue weighted by atomic mass is 35.5. The van der Waals surface area contributed by atoms with E-state index >= 15 is 0 Å². The number of halogens is 1. The van der Waals surface area contributed by atoms with E-state index in [2.05, 4.69) is 20.2 Å². The van der Waals surface area contributed by atoms with E-state index in [4.69, 9.17) is 16.7 Å². The number of hydrogen-bond donors (Lipinski definition) is 1. The van der Waals surface area contributed by atoms with E-state index in [9.17, 15) is 4.79 Å². The van der Waals surface area contributed by atoms with E-state index in [0.29, 0.717) is 26.9 Å². The van der Waals surface area contributed by atoms with Gasteiger partial charge in [-0.15, -0.1) is 10.2 Å². The third-order valence-electron chi connectivity index (χ3n) is 3.38. The highest BCUT2D eigenvalue weighted by Gasteiger charge is 2.17. The molecule has 1 N–H and O–H groups in total. The molecular formula is C17H16ClN5O2S2. The third kappa shape index (κ3) is 5.21. The second-order valence-electron chi connectivity index (χ2n) is 5.62. The molecule has 1 aromatic carbocycles. The van der Waals surface area contributed by atoms with Crippen LogP contribution in [0.25, 0.3) is 5.69 Å². The Morgan fingerprint density at radius 3 is 2.56 bits per heavy atom. The average molecular weight is 422 g/mol. The SMILES string of the molecule is Cc1cc(C)nc(SCc2nnc(SCC(=O)O)n2-c2cccc(Cl)c2)n1. The second-order valence-corrected chi connectivity index (χ2v) is 7.94. The second kappa shape index (κ2) is 8.73. The van der Waals surface area contributed by atoms with Crippen molar-refractivity contribution in [3.05, 3.63) is 52.6 Å². The molecule has 7 nitrogen and oxygen atoms in total. The summed E-state index contributed by atoms with van der Waals surface area (Å²) in [7, 11) is 0. The molecule has 0 amide bonds. The van der Waals surface area contributed by atoms with Crippen molar-refractivity contribution in [3.63, 3.8) is 0 Å². The third-order valence-corrected chi connectivity index (χ3v) is 5.38. The maximum atomic E-state index is 10.9. The summed E-state index contributed by atoms with van der Waals surface area (Å²) in [6.07, 6.45) is 0. The molecule has 0 atom stereocenters. The van der Waals surface area contributed by atoms with Crippen molar-refractivity contribution < 1.29 is 9.90 Å². The minimum Gasteiger partial charge on any atom is -0.481 e. The van der Waals surface area contributed by atoms with Crippen molar-refractivity contribution in [2.45, 2.75) is 29.9 Å². The maximum Gasteiger partial charge on any atom is 0.313 e. The molecule has 3 rings (SSSR count). The predicted octanol–water partition coefficient (Wildman–Crippen LogP) is 3.80. The molecular weight excluding hydrogens is 406 g/mol. The van der Waals surface area contributed by atoms with Gasteiger partial charge < -0.3 is 5.11 Å². The van der Waals surface area contributed by atoms with Crippen molar-refractivity contribution in [3.8, 4) is 5.69 Å². The van der Waals surface area contributed by atoms with Gasteiger partial charge in [0.15, 0.2) is 10.3 Å². The highest BCUT2D eigenvalue weighted by Crippen LogP contribution is 2.27. The summed E-state index contributed by atoms with van der Waals surface area (Å²) in [6, 6.07) is 9.18. The van der Waals surface area contributed by atoms with E-state index < -0.39 is 5.97 Å². The number of carboxylic acids is 1. The minimum atomic E-state index is -0.916. The van der Waals surface area contributed by atoms with E-state index in [1.165, 1.54) is 11.8 Å². The number of hydrogen-bond acceptors (Lipinski definition) is 7. The molecule has 27 heavy (non-hydrogen) atoms. The number of benzene rings is 1. The Kier molecular flexibility index (Phi) is 6.35. The fourth-order valence-corrected chi connectivity index (χ4v) is 4.11. The number of aryl methyl sites for hydroxylation is 2. The van der Waals surface area contributed by atoms with Crippen molar-refractivity contribution in [1.82, 2.24) is 24.7 Å². The lowest BCUT2D eigenvalue weighted by atomic mass is 10.3. The Morgan fingerprint density at radius 1 is 1.15 bits per heavy atom. The van der Waals surface area contributed by atoms with Gasteiger partial charge in [0.1, 0.15) is 5.82 Å². The minimum absolute atomic E-state index is 0.105. The number of nitrogens with zero attached hydrogens (tertiary/aromatic N) is 5. The van der Waals surface area contributed by atoms with Gasteiger partial charge in [0.05, 0.1) is 17.2 Å². The number of carboxylic acid groups (broad SMARTS) is 1. The smallest absolute Gasteiger partial charge is 0.313 e. The fraction of sp³-hybridized carbons (Fsp3) is 0.235. The van der Waals surface area contributed by atoms with E-state index in [0.717, 1.165) is 28.8 Å². The summed E-state index contributed by atoms with van der Waals surface area (Å²) in [6.45, 7) is 3.85. The predicted molar refractivity (Wildman–Crippen MR) is 106 cm³/mol. The maximum absolute atomic E-state index is 10.9. The van der Waals surface area contributed by atoms with Crippen LogP contribution in [0.4, 0.5) is 0 Å². The topological polar surface area (TPSA) is 93.8 Å². The molecule has 0 bridgehead atoms. The summed E-state index contributed by atoms with van der Waals surface area (Å²) >= 11 is 8.68. The van der Waals surface area contributed by atoms with Crippen LogP contribution in [0.5, 0.6) is 0 Å². The Bertz CT molecular complexity index is 959. The van der Waals surface area contributed by atoms with Crippen molar-refractivity contribution >= 4 is 41.1 Å². The zero-order valence-electron chi connectivity index (χ0n) is 14.6. The van der Waals surface area contributed by atoms with Crippen LogP contribution in [0.2, 0.25) is 5.02 Å². The van der Waals surface area contributed by atoms with Gasteiger partial charge in [-0.3, -0.25) is 9.36 Å². The van der Waals surface area contributed by atoms with Crippen LogP contribution < -0.4 is 0 Å². The molecule has 0 aliphatic carbocycles. The van der Waals surface area contributed by atoms with Gasteiger partial charge in [0, 0.05) is 16.4 Å². The Hall–Kier alpha value is -2.10. The molecule has 0 aliphatic rings. The van der Waals surface area contributed by atoms with Crippen molar-refractivity contribution in [2.24, 2.45) is 0 Å². The largest absolute Gasteiger partial charge is 0.481 e. The lowest BCUT2D eigenvalue weighted by Crippen LogP contribution is -2.04. The monoisotopic (exact) mass is 421 g/mol. The normalized spacial score (nSPS) is 10.9. The first-order valence-electron chi connectivity index (χ1n) is 7.92. The van der Waals surface area contributed by atoms with Crippen LogP contribution in [0, 0.1) is 13.8 Å². The summed E-state index contributed by atoms with van der Waals surface area (Å²) < 4.78 is 1.81. The van der Waals surface area contributed by atoms with Crippen LogP contribution in [-0.4, -0.2) is 41.6 Å². The molecule has 0 saturated heterocycles. The molecule has 0 spiro atoms. The van der Waals surface area contributed by atoms with Crippen LogP contribution in [0.3, 0.4) is 0 Å². The zero-order valence-corrected chi connectivity index (χ0v) is 17.0. The number of thioether (sulfide) groups is 2. The molecule has 0 unspecified atom stereocenters. The van der Waals surface area contributed by atoms with E-state index in [1.807, 2.05) is 36.6 Å². The molecule has 0 saturated carbocycles. The number of aliphatic carboxylic acids is 1. The average Bonchev–Trinajstić information content (AvgIpc) is 3.00. The number of carbonyl (C=O) groups is 1. The van der Waals surface area contributed by atoms with Gasteiger partial charge in [0.2, 0.25) is 0 Å². The summed E-state index contributed by atoms with van der Waals surface area (Å²) in [5.41, 5.74) is 2.58. The van der Waals surface area contributed by atoms with Crippen LogP contribution in [-0.2, 0) is 10.5 Å². The Balaban J connectivity index is 1.90. The van der Waals surface area contributed by atoms with Gasteiger partial charge in [-0.2, -0.15) is 0 Å². The summed E-state index contributed by atoms with van der Waals surface area (Å²) in [5, 5.41) is 19.1. The molecule has 0 aliphatic heterocycles. The molecule has 140 valence electrons. The number of aromatic nitrogens is 5. The zero-order chi connectivity index (χ0) is 19.4. The summed E-state index contributed by atoms with van der Waals surface area (Å²) in [4.78, 5) is 19.8. The fourth-order valence-electron chi connectivity index (χ4n) is 2.38. The lowest BCUT2D eigenvalue weighted by Gasteiger charge is -2.10. The van der Waals surface area contributed by atoms with Gasteiger partial charge in [-0.25, -0.2) is 9.97 Å². The van der Waals surface area contributed by atoms with Crippen molar-refractivity contribution in [2.75, 3.05) is 5.75 Å². The number of rotatable bonds is 7. The molecule has 2 aromatic heterocycles. The van der Waals surface area contributed by atoms with E-state index in [-0.39, 0.29) is 5.75 Å². The standard InChI is InChI=1S/C17H16ClN5O2S2/c1-10-6-11(2)20-16(19-10)26-8-14-21-22-17(27-9-15(24)25)23(14)13-5-3-4-12(18)7-13/h3-7H,8-9H2,1-2H3,(H,24,25). The molecule has 2 heterocycles. The molecule has 3 aromatic rings. The molecule has 0 fully saturated rings. The first kappa shape index (κ1) is 19.7. The highest BCUT2D eigenvalue weighted by molar-refractivity contribution is 7.99. The quantitative estimate of drug-likeness (QED) is 0.454. The van der Waals surface area contributed by atoms with Gasteiger partial charge >= 0.3 is 5.97 Å². The van der Waals surface area contributed by atoms with Crippen LogP contribution >= 0.6 is 35.1 Å². The van der Waals surface area contributed by atoms with Gasteiger partial charge in [0.25, 0.3) is 0 Å². The Morgan fingerprint density at radius 2 is 1.89 bits per heavy atom. The first-order chi connectivity index (χ1) is 12.9. The first-order valence-corrected chi connectivity index (χ1v) is 10.3. The Labute approximate surface area is 169 Å². The molecule has 10 heteroatoms.